The van der Waals surface area contributed by atoms with Gasteiger partial charge in [0.1, 0.15) is 0 Å². The number of rotatable bonds is 2. The van der Waals surface area contributed by atoms with Crippen LogP contribution in [0.1, 0.15) is 0 Å². The van der Waals surface area contributed by atoms with Gasteiger partial charge >= 0.3 is 0 Å². The number of nitrogens with zero attached hydrogens (tertiary/aromatic N) is 5. The van der Waals surface area contributed by atoms with Crippen molar-refractivity contribution in [2.24, 2.45) is 0 Å². The molecule has 0 aliphatic rings. The van der Waals surface area contributed by atoms with Crippen molar-refractivity contribution in [3.05, 3.63) is 67.4 Å². The average Bonchev–Trinajstić information content (AvgIpc) is 2.99. The summed E-state index contributed by atoms with van der Waals surface area (Å²) in [6.45, 7) is 0. The lowest BCUT2D eigenvalue weighted by atomic mass is 10.1. The standard InChI is InChI=1S/C16H11N5/c1-3-14(10-17-6-1)21-11-13-9-12(4-5-15(13)20-21)16-18-7-2-8-19-16/h1-11H. The summed E-state index contributed by atoms with van der Waals surface area (Å²) in [5.41, 5.74) is 2.85. The van der Waals surface area contributed by atoms with Gasteiger partial charge in [-0.2, -0.15) is 5.10 Å². The highest BCUT2D eigenvalue weighted by atomic mass is 15.3. The van der Waals surface area contributed by atoms with E-state index in [0.29, 0.717) is 5.82 Å². The Balaban J connectivity index is 1.82. The van der Waals surface area contributed by atoms with E-state index >= 15 is 0 Å². The maximum absolute atomic E-state index is 4.55. The van der Waals surface area contributed by atoms with Crippen LogP contribution in [-0.2, 0) is 0 Å². The highest BCUT2D eigenvalue weighted by Crippen LogP contribution is 2.21. The molecule has 4 rings (SSSR count). The quantitative estimate of drug-likeness (QED) is 0.563. The van der Waals surface area contributed by atoms with Gasteiger partial charge in [-0.1, -0.05) is 0 Å². The van der Waals surface area contributed by atoms with Crippen LogP contribution in [0.15, 0.2) is 67.4 Å². The van der Waals surface area contributed by atoms with Crippen LogP contribution in [0, 0.1) is 0 Å². The van der Waals surface area contributed by atoms with Crippen LogP contribution in [0.2, 0.25) is 0 Å². The fourth-order valence-electron chi connectivity index (χ4n) is 2.23. The molecule has 0 bridgehead atoms. The largest absolute Gasteiger partial charge is 0.262 e. The first-order valence-electron chi connectivity index (χ1n) is 6.57. The first-order valence-corrected chi connectivity index (χ1v) is 6.57. The zero-order valence-electron chi connectivity index (χ0n) is 11.1. The number of hydrogen-bond acceptors (Lipinski definition) is 4. The predicted octanol–water partition coefficient (Wildman–Crippen LogP) is 2.88. The third kappa shape index (κ3) is 2.14. The molecule has 0 radical (unpaired) electrons. The zero-order valence-corrected chi connectivity index (χ0v) is 11.1. The second kappa shape index (κ2) is 4.79. The summed E-state index contributed by atoms with van der Waals surface area (Å²) < 4.78 is 1.83. The van der Waals surface area contributed by atoms with Gasteiger partial charge in [0.2, 0.25) is 0 Å². The van der Waals surface area contributed by atoms with Crippen molar-refractivity contribution in [3.63, 3.8) is 0 Å². The molecule has 0 spiro atoms. The number of fused-ring (bicyclic) bond motifs is 1. The monoisotopic (exact) mass is 273 g/mol. The van der Waals surface area contributed by atoms with Gasteiger partial charge in [-0.15, -0.1) is 0 Å². The summed E-state index contributed by atoms with van der Waals surface area (Å²) in [6.07, 6.45) is 9.00. The molecule has 0 amide bonds. The van der Waals surface area contributed by atoms with Crippen LogP contribution in [-0.4, -0.2) is 24.7 Å². The fraction of sp³-hybridized carbons (Fsp3) is 0. The second-order valence-corrected chi connectivity index (χ2v) is 4.63. The fourth-order valence-corrected chi connectivity index (χ4v) is 2.23. The third-order valence-electron chi connectivity index (χ3n) is 3.24. The van der Waals surface area contributed by atoms with Crippen LogP contribution in [0.4, 0.5) is 0 Å². The van der Waals surface area contributed by atoms with E-state index in [1.807, 2.05) is 47.3 Å². The first kappa shape index (κ1) is 11.7. The molecular formula is C16H11N5. The molecule has 3 aromatic heterocycles. The van der Waals surface area contributed by atoms with Gasteiger partial charge in [0.25, 0.3) is 0 Å². The van der Waals surface area contributed by atoms with Gasteiger partial charge < -0.3 is 0 Å². The van der Waals surface area contributed by atoms with Crippen molar-refractivity contribution in [2.45, 2.75) is 0 Å². The maximum atomic E-state index is 4.55. The predicted molar refractivity (Wildman–Crippen MR) is 79.9 cm³/mol. The summed E-state index contributed by atoms with van der Waals surface area (Å²) in [5.74, 6) is 0.716. The summed E-state index contributed by atoms with van der Waals surface area (Å²) in [6, 6.07) is 11.7. The Kier molecular flexibility index (Phi) is 2.67. The van der Waals surface area contributed by atoms with E-state index in [2.05, 4.69) is 20.1 Å². The Morgan fingerprint density at radius 2 is 1.81 bits per heavy atom. The minimum atomic E-state index is 0.716. The van der Waals surface area contributed by atoms with Crippen molar-refractivity contribution in [1.29, 1.82) is 0 Å². The molecule has 21 heavy (non-hydrogen) atoms. The first-order chi connectivity index (χ1) is 10.4. The van der Waals surface area contributed by atoms with E-state index in [1.54, 1.807) is 24.8 Å². The number of pyridine rings is 1. The lowest BCUT2D eigenvalue weighted by molar-refractivity contribution is 0.889. The van der Waals surface area contributed by atoms with Crippen molar-refractivity contribution >= 4 is 10.9 Å². The van der Waals surface area contributed by atoms with E-state index < -0.39 is 0 Å². The Bertz CT molecular complexity index is 847. The zero-order chi connectivity index (χ0) is 14.1. The molecule has 0 saturated carbocycles. The lowest BCUT2D eigenvalue weighted by Crippen LogP contribution is -1.93. The molecule has 3 heterocycles. The molecule has 0 saturated heterocycles. The van der Waals surface area contributed by atoms with Crippen molar-refractivity contribution < 1.29 is 0 Å². The molecule has 5 heteroatoms. The van der Waals surface area contributed by atoms with E-state index in [0.717, 1.165) is 22.2 Å². The Hall–Kier alpha value is -3.08. The molecule has 0 unspecified atom stereocenters. The minimum Gasteiger partial charge on any atom is -0.262 e. The minimum absolute atomic E-state index is 0.716. The number of benzene rings is 1. The van der Waals surface area contributed by atoms with Crippen LogP contribution in [0.5, 0.6) is 0 Å². The summed E-state index contributed by atoms with van der Waals surface area (Å²) in [5, 5.41) is 5.60. The Labute approximate surface area is 120 Å². The van der Waals surface area contributed by atoms with Crippen molar-refractivity contribution in [3.8, 4) is 17.1 Å². The van der Waals surface area contributed by atoms with Crippen molar-refractivity contribution in [1.82, 2.24) is 24.7 Å². The van der Waals surface area contributed by atoms with E-state index in [-0.39, 0.29) is 0 Å². The SMILES string of the molecule is c1cnc(-c2ccc3nn(-c4cccnc4)cc3c2)nc1. The molecule has 4 aromatic rings. The van der Waals surface area contributed by atoms with Gasteiger partial charge in [-0.25, -0.2) is 14.6 Å². The molecule has 0 atom stereocenters. The molecular weight excluding hydrogens is 262 g/mol. The summed E-state index contributed by atoms with van der Waals surface area (Å²) in [7, 11) is 0. The van der Waals surface area contributed by atoms with Crippen LogP contribution in [0.25, 0.3) is 28.0 Å². The van der Waals surface area contributed by atoms with Crippen LogP contribution < -0.4 is 0 Å². The Morgan fingerprint density at radius 1 is 0.905 bits per heavy atom. The molecule has 0 aliphatic carbocycles. The van der Waals surface area contributed by atoms with Crippen LogP contribution >= 0.6 is 0 Å². The third-order valence-corrected chi connectivity index (χ3v) is 3.24. The van der Waals surface area contributed by atoms with Crippen molar-refractivity contribution in [2.75, 3.05) is 0 Å². The maximum Gasteiger partial charge on any atom is 0.159 e. The number of hydrogen-bond donors (Lipinski definition) is 0. The smallest absolute Gasteiger partial charge is 0.159 e. The normalized spacial score (nSPS) is 10.9. The van der Waals surface area contributed by atoms with Gasteiger partial charge in [0, 0.05) is 35.7 Å². The second-order valence-electron chi connectivity index (χ2n) is 4.63. The molecule has 0 aliphatic heterocycles. The summed E-state index contributed by atoms with van der Waals surface area (Å²) in [4.78, 5) is 12.7. The Morgan fingerprint density at radius 3 is 2.62 bits per heavy atom. The number of aromatic nitrogens is 5. The summed E-state index contributed by atoms with van der Waals surface area (Å²) >= 11 is 0. The molecule has 0 N–H and O–H groups in total. The van der Waals surface area contributed by atoms with Crippen LogP contribution in [0.3, 0.4) is 0 Å². The molecule has 100 valence electrons. The average molecular weight is 273 g/mol. The highest BCUT2D eigenvalue weighted by Gasteiger charge is 2.06. The van der Waals surface area contributed by atoms with E-state index in [1.165, 1.54) is 0 Å². The van der Waals surface area contributed by atoms with E-state index in [4.69, 9.17) is 0 Å². The molecule has 1 aromatic carbocycles. The highest BCUT2D eigenvalue weighted by molar-refractivity contribution is 5.83. The van der Waals surface area contributed by atoms with E-state index in [9.17, 15) is 0 Å². The van der Waals surface area contributed by atoms with Gasteiger partial charge in [-0.3, -0.25) is 4.98 Å². The molecule has 5 nitrogen and oxygen atoms in total. The lowest BCUT2D eigenvalue weighted by Gasteiger charge is -1.98. The van der Waals surface area contributed by atoms with Gasteiger partial charge in [0.05, 0.1) is 17.4 Å². The van der Waals surface area contributed by atoms with Gasteiger partial charge in [0.15, 0.2) is 5.82 Å². The molecule has 0 fully saturated rings. The topological polar surface area (TPSA) is 56.5 Å². The van der Waals surface area contributed by atoms with Gasteiger partial charge in [-0.05, 0) is 36.4 Å².